The SMILES string of the molecule is CCCNc1nc(-c2ccc(O)cc2)nc(C(C)C)c1I. The Kier molecular flexibility index (Phi) is 5.39. The Bertz CT molecular complexity index is 612. The van der Waals surface area contributed by atoms with Gasteiger partial charge in [0, 0.05) is 12.1 Å². The van der Waals surface area contributed by atoms with Gasteiger partial charge in [0.1, 0.15) is 11.6 Å². The lowest BCUT2D eigenvalue weighted by atomic mass is 10.1. The van der Waals surface area contributed by atoms with Crippen molar-refractivity contribution in [2.24, 2.45) is 0 Å². The smallest absolute Gasteiger partial charge is 0.161 e. The van der Waals surface area contributed by atoms with Gasteiger partial charge in [-0.15, -0.1) is 0 Å². The Balaban J connectivity index is 2.50. The van der Waals surface area contributed by atoms with E-state index >= 15 is 0 Å². The number of rotatable bonds is 5. The van der Waals surface area contributed by atoms with E-state index in [1.54, 1.807) is 12.1 Å². The standard InChI is InChI=1S/C16H20IN3O/c1-4-9-18-16-13(17)14(10(2)3)19-15(20-16)11-5-7-12(21)8-6-11/h5-8,10,21H,4,9H2,1-3H3,(H,18,19,20). The van der Waals surface area contributed by atoms with Crippen LogP contribution in [-0.4, -0.2) is 21.6 Å². The summed E-state index contributed by atoms with van der Waals surface area (Å²) in [5, 5.41) is 12.8. The zero-order valence-electron chi connectivity index (χ0n) is 12.5. The van der Waals surface area contributed by atoms with Crippen molar-refractivity contribution in [3.8, 4) is 17.1 Å². The number of halogens is 1. The van der Waals surface area contributed by atoms with Gasteiger partial charge in [-0.05, 0) is 59.2 Å². The van der Waals surface area contributed by atoms with Crippen LogP contribution in [0.5, 0.6) is 5.75 Å². The Labute approximate surface area is 139 Å². The molecule has 2 N–H and O–H groups in total. The first-order chi connectivity index (χ1) is 10.0. The third kappa shape index (κ3) is 3.84. The molecular weight excluding hydrogens is 377 g/mol. The van der Waals surface area contributed by atoms with E-state index in [9.17, 15) is 5.11 Å². The molecule has 2 aromatic rings. The first-order valence-electron chi connectivity index (χ1n) is 7.13. The van der Waals surface area contributed by atoms with Crippen molar-refractivity contribution >= 4 is 28.4 Å². The first-order valence-corrected chi connectivity index (χ1v) is 8.21. The van der Waals surface area contributed by atoms with Gasteiger partial charge in [-0.2, -0.15) is 0 Å². The van der Waals surface area contributed by atoms with Crippen molar-refractivity contribution in [3.05, 3.63) is 33.5 Å². The van der Waals surface area contributed by atoms with E-state index in [0.717, 1.165) is 33.6 Å². The molecule has 0 saturated heterocycles. The predicted molar refractivity (Wildman–Crippen MR) is 94.7 cm³/mol. The van der Waals surface area contributed by atoms with Crippen LogP contribution < -0.4 is 5.32 Å². The molecule has 2 rings (SSSR count). The van der Waals surface area contributed by atoms with Crippen molar-refractivity contribution in [3.63, 3.8) is 0 Å². The number of aromatic nitrogens is 2. The highest BCUT2D eigenvalue weighted by Crippen LogP contribution is 2.28. The van der Waals surface area contributed by atoms with Gasteiger partial charge in [-0.3, -0.25) is 0 Å². The van der Waals surface area contributed by atoms with Gasteiger partial charge in [0.2, 0.25) is 0 Å². The molecule has 0 atom stereocenters. The van der Waals surface area contributed by atoms with Crippen molar-refractivity contribution in [1.29, 1.82) is 0 Å². The Morgan fingerprint density at radius 2 is 1.86 bits per heavy atom. The molecule has 4 nitrogen and oxygen atoms in total. The molecule has 0 radical (unpaired) electrons. The van der Waals surface area contributed by atoms with E-state index in [-0.39, 0.29) is 5.75 Å². The van der Waals surface area contributed by atoms with Crippen LogP contribution in [0.4, 0.5) is 5.82 Å². The van der Waals surface area contributed by atoms with Crippen LogP contribution in [0, 0.1) is 3.57 Å². The van der Waals surface area contributed by atoms with Crippen molar-refractivity contribution in [2.75, 3.05) is 11.9 Å². The van der Waals surface area contributed by atoms with Gasteiger partial charge in [-0.1, -0.05) is 20.8 Å². The minimum absolute atomic E-state index is 0.248. The summed E-state index contributed by atoms with van der Waals surface area (Å²) in [7, 11) is 0. The Morgan fingerprint density at radius 1 is 1.19 bits per heavy atom. The van der Waals surface area contributed by atoms with E-state index in [4.69, 9.17) is 4.98 Å². The molecule has 0 spiro atoms. The molecule has 0 fully saturated rings. The molecule has 0 aliphatic rings. The molecular formula is C16H20IN3O. The summed E-state index contributed by atoms with van der Waals surface area (Å²) in [5.41, 5.74) is 1.96. The van der Waals surface area contributed by atoms with Gasteiger partial charge in [-0.25, -0.2) is 9.97 Å². The number of benzene rings is 1. The Morgan fingerprint density at radius 3 is 2.43 bits per heavy atom. The number of aromatic hydroxyl groups is 1. The van der Waals surface area contributed by atoms with Crippen LogP contribution in [0.3, 0.4) is 0 Å². The zero-order valence-corrected chi connectivity index (χ0v) is 14.7. The molecule has 5 heteroatoms. The minimum atomic E-state index is 0.248. The minimum Gasteiger partial charge on any atom is -0.508 e. The van der Waals surface area contributed by atoms with Crippen LogP contribution in [0.2, 0.25) is 0 Å². The fourth-order valence-electron chi connectivity index (χ4n) is 1.95. The highest BCUT2D eigenvalue weighted by molar-refractivity contribution is 14.1. The molecule has 0 aliphatic heterocycles. The summed E-state index contributed by atoms with van der Waals surface area (Å²) < 4.78 is 1.08. The molecule has 0 unspecified atom stereocenters. The second-order valence-corrected chi connectivity index (χ2v) is 6.30. The quantitative estimate of drug-likeness (QED) is 0.735. The zero-order chi connectivity index (χ0) is 15.4. The number of phenolic OH excluding ortho intramolecular Hbond substituents is 1. The van der Waals surface area contributed by atoms with Crippen LogP contribution in [0.15, 0.2) is 24.3 Å². The van der Waals surface area contributed by atoms with Gasteiger partial charge in [0.25, 0.3) is 0 Å². The van der Waals surface area contributed by atoms with E-state index in [1.165, 1.54) is 0 Å². The maximum absolute atomic E-state index is 9.41. The molecule has 1 heterocycles. The number of hydrogen-bond acceptors (Lipinski definition) is 4. The van der Waals surface area contributed by atoms with Gasteiger partial charge >= 0.3 is 0 Å². The van der Waals surface area contributed by atoms with E-state index in [1.807, 2.05) is 12.1 Å². The summed E-state index contributed by atoms with van der Waals surface area (Å²) >= 11 is 2.31. The molecule has 1 aromatic heterocycles. The van der Waals surface area contributed by atoms with Gasteiger partial charge < -0.3 is 10.4 Å². The average molecular weight is 397 g/mol. The van der Waals surface area contributed by atoms with Crippen LogP contribution in [0.25, 0.3) is 11.4 Å². The topological polar surface area (TPSA) is 58.0 Å². The van der Waals surface area contributed by atoms with Crippen LogP contribution in [-0.2, 0) is 0 Å². The number of phenols is 1. The third-order valence-electron chi connectivity index (χ3n) is 3.09. The fraction of sp³-hybridized carbons (Fsp3) is 0.375. The fourth-order valence-corrected chi connectivity index (χ4v) is 3.00. The second-order valence-electron chi connectivity index (χ2n) is 5.22. The van der Waals surface area contributed by atoms with E-state index in [0.29, 0.717) is 11.7 Å². The molecule has 0 saturated carbocycles. The lowest BCUT2D eigenvalue weighted by molar-refractivity contribution is 0.475. The number of anilines is 1. The molecule has 112 valence electrons. The third-order valence-corrected chi connectivity index (χ3v) is 4.16. The van der Waals surface area contributed by atoms with E-state index in [2.05, 4.69) is 53.7 Å². The van der Waals surface area contributed by atoms with Crippen LogP contribution in [0.1, 0.15) is 38.8 Å². The maximum Gasteiger partial charge on any atom is 0.161 e. The molecule has 0 bridgehead atoms. The van der Waals surface area contributed by atoms with Gasteiger partial charge in [0.15, 0.2) is 5.82 Å². The van der Waals surface area contributed by atoms with Crippen molar-refractivity contribution < 1.29 is 5.11 Å². The lowest BCUT2D eigenvalue weighted by Crippen LogP contribution is -2.10. The van der Waals surface area contributed by atoms with Crippen molar-refractivity contribution in [1.82, 2.24) is 9.97 Å². The highest BCUT2D eigenvalue weighted by Gasteiger charge is 2.15. The summed E-state index contributed by atoms with van der Waals surface area (Å²) in [4.78, 5) is 9.34. The summed E-state index contributed by atoms with van der Waals surface area (Å²) in [6.45, 7) is 7.29. The molecule has 21 heavy (non-hydrogen) atoms. The first kappa shape index (κ1) is 16.0. The summed E-state index contributed by atoms with van der Waals surface area (Å²) in [6.07, 6.45) is 1.05. The van der Waals surface area contributed by atoms with Crippen molar-refractivity contribution in [2.45, 2.75) is 33.1 Å². The summed E-state index contributed by atoms with van der Waals surface area (Å²) in [6, 6.07) is 6.99. The predicted octanol–water partition coefficient (Wildman–Crippen LogP) is 4.40. The number of nitrogens with zero attached hydrogens (tertiary/aromatic N) is 2. The molecule has 0 aliphatic carbocycles. The molecule has 1 aromatic carbocycles. The Hall–Kier alpha value is -1.37. The number of hydrogen-bond donors (Lipinski definition) is 2. The largest absolute Gasteiger partial charge is 0.508 e. The summed E-state index contributed by atoms with van der Waals surface area (Å²) in [5.74, 6) is 2.16. The van der Waals surface area contributed by atoms with Crippen LogP contribution >= 0.6 is 22.6 Å². The maximum atomic E-state index is 9.41. The van der Waals surface area contributed by atoms with E-state index < -0.39 is 0 Å². The normalized spacial score (nSPS) is 10.9. The monoisotopic (exact) mass is 397 g/mol. The second kappa shape index (κ2) is 7.06. The average Bonchev–Trinajstić information content (AvgIpc) is 2.47. The van der Waals surface area contributed by atoms with Gasteiger partial charge in [0.05, 0.1) is 9.26 Å². The lowest BCUT2D eigenvalue weighted by Gasteiger charge is -2.15. The highest BCUT2D eigenvalue weighted by atomic mass is 127. The number of nitrogens with one attached hydrogen (secondary N) is 1. The molecule has 0 amide bonds.